The highest BCUT2D eigenvalue weighted by Crippen LogP contribution is 2.24. The van der Waals surface area contributed by atoms with Gasteiger partial charge in [-0.3, -0.25) is 9.59 Å². The van der Waals surface area contributed by atoms with Gasteiger partial charge in [-0.05, 0) is 42.7 Å². The van der Waals surface area contributed by atoms with Crippen molar-refractivity contribution in [2.24, 2.45) is 5.92 Å². The molecule has 0 saturated heterocycles. The number of carbonyl (C=O) groups is 2. The van der Waals surface area contributed by atoms with Crippen LogP contribution in [0, 0.1) is 5.92 Å². The summed E-state index contributed by atoms with van der Waals surface area (Å²) in [6.07, 6.45) is 2.11. The van der Waals surface area contributed by atoms with Crippen molar-refractivity contribution >= 4 is 23.2 Å². The topological polar surface area (TPSA) is 70.2 Å². The van der Waals surface area contributed by atoms with E-state index in [1.807, 2.05) is 68.4 Å². The lowest BCUT2D eigenvalue weighted by atomic mass is 10.1. The zero-order valence-electron chi connectivity index (χ0n) is 15.2. The van der Waals surface area contributed by atoms with E-state index in [0.29, 0.717) is 6.04 Å². The van der Waals surface area contributed by atoms with Gasteiger partial charge in [-0.1, -0.05) is 44.2 Å². The molecule has 1 saturated carbocycles. The zero-order valence-corrected chi connectivity index (χ0v) is 15.2. The maximum atomic E-state index is 12.7. The summed E-state index contributed by atoms with van der Waals surface area (Å²) in [5, 5.41) is 9.24. The van der Waals surface area contributed by atoms with Gasteiger partial charge in [-0.2, -0.15) is 0 Å². The third-order valence-electron chi connectivity index (χ3n) is 4.31. The van der Waals surface area contributed by atoms with Gasteiger partial charge in [0, 0.05) is 23.3 Å². The third-order valence-corrected chi connectivity index (χ3v) is 4.31. The normalized spacial score (nSPS) is 14.6. The van der Waals surface area contributed by atoms with Crippen LogP contribution in [-0.4, -0.2) is 17.9 Å². The van der Waals surface area contributed by atoms with Crippen molar-refractivity contribution in [3.8, 4) is 0 Å². The number of hydrogen-bond donors (Lipinski definition) is 3. The van der Waals surface area contributed by atoms with Gasteiger partial charge in [0.15, 0.2) is 0 Å². The second-order valence-electron chi connectivity index (χ2n) is 6.99. The van der Waals surface area contributed by atoms with Crippen molar-refractivity contribution < 1.29 is 9.59 Å². The first-order valence-corrected chi connectivity index (χ1v) is 9.05. The van der Waals surface area contributed by atoms with E-state index in [4.69, 9.17) is 0 Å². The summed E-state index contributed by atoms with van der Waals surface area (Å²) in [7, 11) is 0. The fourth-order valence-electron chi connectivity index (χ4n) is 2.56. The van der Waals surface area contributed by atoms with Crippen LogP contribution in [0.5, 0.6) is 0 Å². The number of amides is 2. The molecule has 136 valence electrons. The Labute approximate surface area is 154 Å². The van der Waals surface area contributed by atoms with E-state index in [-0.39, 0.29) is 17.7 Å². The van der Waals surface area contributed by atoms with E-state index >= 15 is 0 Å². The van der Waals surface area contributed by atoms with Gasteiger partial charge in [0.2, 0.25) is 11.8 Å². The molecule has 2 aromatic carbocycles. The Balaban J connectivity index is 1.71. The standard InChI is InChI=1S/C21H25N3O2/c1-14(2)20(25)23-17-10-8-16(9-11-17)22-19(15-6-4-3-5-7-15)21(26)24-18-12-13-18/h3-11,14,18-19,22H,12-13H2,1-2H3,(H,23,25)(H,24,26)/t19-/m0/s1. The molecule has 0 heterocycles. The lowest BCUT2D eigenvalue weighted by Crippen LogP contribution is -2.34. The highest BCUT2D eigenvalue weighted by atomic mass is 16.2. The van der Waals surface area contributed by atoms with Crippen LogP contribution in [0.1, 0.15) is 38.3 Å². The van der Waals surface area contributed by atoms with Crippen LogP contribution in [0.2, 0.25) is 0 Å². The lowest BCUT2D eigenvalue weighted by molar-refractivity contribution is -0.122. The molecule has 1 aliphatic carbocycles. The maximum Gasteiger partial charge on any atom is 0.247 e. The highest BCUT2D eigenvalue weighted by Gasteiger charge is 2.28. The smallest absolute Gasteiger partial charge is 0.247 e. The first kappa shape index (κ1) is 18.0. The second kappa shape index (κ2) is 8.04. The molecule has 1 aliphatic rings. The van der Waals surface area contributed by atoms with Crippen LogP contribution < -0.4 is 16.0 Å². The van der Waals surface area contributed by atoms with Crippen molar-refractivity contribution in [3.05, 3.63) is 60.2 Å². The Hall–Kier alpha value is -2.82. The van der Waals surface area contributed by atoms with Crippen LogP contribution in [0.4, 0.5) is 11.4 Å². The molecular formula is C21H25N3O2. The lowest BCUT2D eigenvalue weighted by Gasteiger charge is -2.20. The molecule has 0 spiro atoms. The molecule has 0 aliphatic heterocycles. The molecule has 3 rings (SSSR count). The van der Waals surface area contributed by atoms with E-state index in [1.165, 1.54) is 0 Å². The van der Waals surface area contributed by atoms with Gasteiger partial charge in [0.25, 0.3) is 0 Å². The van der Waals surface area contributed by atoms with Gasteiger partial charge in [-0.15, -0.1) is 0 Å². The van der Waals surface area contributed by atoms with Gasteiger partial charge < -0.3 is 16.0 Å². The molecule has 3 N–H and O–H groups in total. The number of hydrogen-bond acceptors (Lipinski definition) is 3. The first-order chi connectivity index (χ1) is 12.5. The predicted octanol–water partition coefficient (Wildman–Crippen LogP) is 3.71. The van der Waals surface area contributed by atoms with Crippen molar-refractivity contribution in [1.82, 2.24) is 5.32 Å². The summed E-state index contributed by atoms with van der Waals surface area (Å²) >= 11 is 0. The fraction of sp³-hybridized carbons (Fsp3) is 0.333. The van der Waals surface area contributed by atoms with Gasteiger partial charge in [0.05, 0.1) is 0 Å². The average Bonchev–Trinajstić information content (AvgIpc) is 3.45. The van der Waals surface area contributed by atoms with E-state index < -0.39 is 6.04 Å². The molecule has 1 atom stereocenters. The molecular weight excluding hydrogens is 326 g/mol. The Morgan fingerprint density at radius 3 is 2.08 bits per heavy atom. The minimum absolute atomic E-state index is 0.0170. The highest BCUT2D eigenvalue weighted by molar-refractivity contribution is 5.92. The molecule has 0 bridgehead atoms. The zero-order chi connectivity index (χ0) is 18.5. The number of nitrogens with one attached hydrogen (secondary N) is 3. The number of carbonyl (C=O) groups excluding carboxylic acids is 2. The molecule has 0 aromatic heterocycles. The van der Waals surface area contributed by atoms with E-state index in [2.05, 4.69) is 16.0 Å². The van der Waals surface area contributed by atoms with Gasteiger partial charge in [-0.25, -0.2) is 0 Å². The number of rotatable bonds is 7. The van der Waals surface area contributed by atoms with Crippen molar-refractivity contribution in [2.45, 2.75) is 38.8 Å². The van der Waals surface area contributed by atoms with Crippen LogP contribution >= 0.6 is 0 Å². The number of benzene rings is 2. The predicted molar refractivity (Wildman–Crippen MR) is 104 cm³/mol. The molecule has 5 nitrogen and oxygen atoms in total. The van der Waals surface area contributed by atoms with E-state index in [9.17, 15) is 9.59 Å². The summed E-state index contributed by atoms with van der Waals surface area (Å²) in [4.78, 5) is 24.4. The second-order valence-corrected chi connectivity index (χ2v) is 6.99. The first-order valence-electron chi connectivity index (χ1n) is 9.05. The molecule has 5 heteroatoms. The van der Waals surface area contributed by atoms with E-state index in [1.54, 1.807) is 0 Å². The molecule has 2 amide bonds. The molecule has 0 radical (unpaired) electrons. The van der Waals surface area contributed by atoms with Crippen LogP contribution in [-0.2, 0) is 9.59 Å². The summed E-state index contributed by atoms with van der Waals surface area (Å²) in [5.41, 5.74) is 2.49. The van der Waals surface area contributed by atoms with Gasteiger partial charge in [0.1, 0.15) is 6.04 Å². The fourth-order valence-corrected chi connectivity index (χ4v) is 2.56. The minimum Gasteiger partial charge on any atom is -0.370 e. The van der Waals surface area contributed by atoms with E-state index in [0.717, 1.165) is 29.8 Å². The third kappa shape index (κ3) is 4.85. The Bertz CT molecular complexity index is 753. The molecule has 1 fully saturated rings. The summed E-state index contributed by atoms with van der Waals surface area (Å²) in [6.45, 7) is 3.71. The molecule has 2 aromatic rings. The van der Waals surface area contributed by atoms with Crippen molar-refractivity contribution in [3.63, 3.8) is 0 Å². The largest absolute Gasteiger partial charge is 0.370 e. The maximum absolute atomic E-state index is 12.7. The monoisotopic (exact) mass is 351 g/mol. The van der Waals surface area contributed by atoms with Crippen LogP contribution in [0.15, 0.2) is 54.6 Å². The summed E-state index contributed by atoms with van der Waals surface area (Å²) in [5.74, 6) is -0.103. The van der Waals surface area contributed by atoms with Gasteiger partial charge >= 0.3 is 0 Å². The SMILES string of the molecule is CC(C)C(=O)Nc1ccc(N[C@H](C(=O)NC2CC2)c2ccccc2)cc1. The molecule has 26 heavy (non-hydrogen) atoms. The quantitative estimate of drug-likeness (QED) is 0.712. The van der Waals surface area contributed by atoms with Crippen molar-refractivity contribution in [1.29, 1.82) is 0 Å². The van der Waals surface area contributed by atoms with Crippen LogP contribution in [0.25, 0.3) is 0 Å². The average molecular weight is 351 g/mol. The summed E-state index contributed by atoms with van der Waals surface area (Å²) < 4.78 is 0. The van der Waals surface area contributed by atoms with Crippen molar-refractivity contribution in [2.75, 3.05) is 10.6 Å². The number of anilines is 2. The van der Waals surface area contributed by atoms with Crippen LogP contribution in [0.3, 0.4) is 0 Å². The minimum atomic E-state index is -0.451. The Morgan fingerprint density at radius 2 is 1.50 bits per heavy atom. The molecule has 0 unspecified atom stereocenters. The Morgan fingerprint density at radius 1 is 0.885 bits per heavy atom. The Kier molecular flexibility index (Phi) is 5.56. The summed E-state index contributed by atoms with van der Waals surface area (Å²) in [6, 6.07) is 17.0.